The molecule has 20 heavy (non-hydrogen) atoms. The summed E-state index contributed by atoms with van der Waals surface area (Å²) >= 11 is 0. The fourth-order valence-corrected chi connectivity index (χ4v) is 3.53. The van der Waals surface area contributed by atoms with Crippen molar-refractivity contribution in [2.24, 2.45) is 5.73 Å². The minimum absolute atomic E-state index is 0.0674. The Kier molecular flexibility index (Phi) is 3.38. The van der Waals surface area contributed by atoms with Crippen molar-refractivity contribution in [3.8, 4) is 0 Å². The molecule has 0 amide bonds. The van der Waals surface area contributed by atoms with Gasteiger partial charge in [0.2, 0.25) is 0 Å². The zero-order chi connectivity index (χ0) is 14.3. The summed E-state index contributed by atoms with van der Waals surface area (Å²) in [6.45, 7) is 1.87. The van der Waals surface area contributed by atoms with Crippen molar-refractivity contribution in [3.63, 3.8) is 0 Å². The van der Waals surface area contributed by atoms with Gasteiger partial charge < -0.3 is 10.6 Å². The highest BCUT2D eigenvalue weighted by atomic mass is 19.1. The molecule has 4 nitrogen and oxygen atoms in total. The Morgan fingerprint density at radius 2 is 2.05 bits per heavy atom. The van der Waals surface area contributed by atoms with Crippen molar-refractivity contribution in [1.82, 2.24) is 4.90 Å². The van der Waals surface area contributed by atoms with E-state index < -0.39 is 0 Å². The van der Waals surface area contributed by atoms with E-state index in [-0.39, 0.29) is 11.7 Å². The number of hydrogen-bond acceptors (Lipinski definition) is 3. The van der Waals surface area contributed by atoms with Gasteiger partial charge in [-0.1, -0.05) is 0 Å². The molecule has 108 valence electrons. The van der Waals surface area contributed by atoms with Crippen LogP contribution in [0.25, 0.3) is 0 Å². The van der Waals surface area contributed by atoms with Crippen LogP contribution in [0.5, 0.6) is 0 Å². The summed E-state index contributed by atoms with van der Waals surface area (Å²) in [5.74, 6) is -0.408. The fourth-order valence-electron chi connectivity index (χ4n) is 3.53. The standard InChI is InChI=1S/C15H21FN4/c1-19-11-3-4-12(19)9-20(7-6-11)14-5-2-10(16)8-13(14)15(17)18/h2,5,8,11-12H,3-4,6-7,9H2,1H3,(H3,17,18). The van der Waals surface area contributed by atoms with E-state index in [1.54, 1.807) is 6.07 Å². The fraction of sp³-hybridized carbons (Fsp3) is 0.533. The molecule has 0 aromatic heterocycles. The number of nitrogens with zero attached hydrogens (tertiary/aromatic N) is 2. The summed E-state index contributed by atoms with van der Waals surface area (Å²) in [6, 6.07) is 5.78. The number of fused-ring (bicyclic) bond motifs is 2. The molecule has 2 saturated heterocycles. The largest absolute Gasteiger partial charge is 0.384 e. The smallest absolute Gasteiger partial charge is 0.125 e. The zero-order valence-corrected chi connectivity index (χ0v) is 11.8. The maximum atomic E-state index is 13.4. The van der Waals surface area contributed by atoms with Crippen molar-refractivity contribution in [1.29, 1.82) is 5.41 Å². The molecule has 2 aliphatic heterocycles. The number of amidine groups is 1. The molecule has 2 fully saturated rings. The first-order valence-electron chi connectivity index (χ1n) is 7.17. The number of nitrogens with one attached hydrogen (secondary N) is 1. The molecule has 5 heteroatoms. The molecular weight excluding hydrogens is 255 g/mol. The third-order valence-electron chi connectivity index (χ3n) is 4.74. The molecule has 2 atom stereocenters. The predicted octanol–water partition coefficient (Wildman–Crippen LogP) is 1.78. The van der Waals surface area contributed by atoms with Gasteiger partial charge in [0.25, 0.3) is 0 Å². The van der Waals surface area contributed by atoms with Crippen LogP contribution in [0.1, 0.15) is 24.8 Å². The molecule has 2 aliphatic rings. The molecule has 0 aliphatic carbocycles. The monoisotopic (exact) mass is 276 g/mol. The van der Waals surface area contributed by atoms with Gasteiger partial charge in [0.15, 0.2) is 0 Å². The predicted molar refractivity (Wildman–Crippen MR) is 78.8 cm³/mol. The number of rotatable bonds is 2. The first-order chi connectivity index (χ1) is 9.56. The first kappa shape index (κ1) is 13.4. The molecule has 2 heterocycles. The van der Waals surface area contributed by atoms with E-state index in [0.717, 1.165) is 25.2 Å². The lowest BCUT2D eigenvalue weighted by Crippen LogP contribution is -2.37. The summed E-state index contributed by atoms with van der Waals surface area (Å²) < 4.78 is 13.4. The summed E-state index contributed by atoms with van der Waals surface area (Å²) in [4.78, 5) is 4.73. The van der Waals surface area contributed by atoms with E-state index >= 15 is 0 Å². The Balaban J connectivity index is 1.91. The second kappa shape index (κ2) is 5.05. The zero-order valence-electron chi connectivity index (χ0n) is 11.8. The van der Waals surface area contributed by atoms with Crippen LogP contribution in [0.15, 0.2) is 18.2 Å². The lowest BCUT2D eigenvalue weighted by Gasteiger charge is -2.29. The average molecular weight is 276 g/mol. The molecular formula is C15H21FN4. The van der Waals surface area contributed by atoms with Gasteiger partial charge >= 0.3 is 0 Å². The number of nitrogens with two attached hydrogens (primary N) is 1. The van der Waals surface area contributed by atoms with Crippen LogP contribution in [0, 0.1) is 11.2 Å². The van der Waals surface area contributed by atoms with Crippen LogP contribution in [-0.4, -0.2) is 43.0 Å². The van der Waals surface area contributed by atoms with Crippen molar-refractivity contribution in [2.45, 2.75) is 31.3 Å². The minimum Gasteiger partial charge on any atom is -0.384 e. The highest BCUT2D eigenvalue weighted by Gasteiger charge is 2.35. The van der Waals surface area contributed by atoms with E-state index in [4.69, 9.17) is 11.1 Å². The minimum atomic E-state index is -0.340. The van der Waals surface area contributed by atoms with E-state index in [9.17, 15) is 4.39 Å². The van der Waals surface area contributed by atoms with Gasteiger partial charge in [0, 0.05) is 36.4 Å². The summed E-state index contributed by atoms with van der Waals surface area (Å²) in [5.41, 5.74) is 7.01. The van der Waals surface area contributed by atoms with Crippen LogP contribution >= 0.6 is 0 Å². The maximum Gasteiger partial charge on any atom is 0.125 e. The molecule has 3 rings (SSSR count). The molecule has 1 aromatic carbocycles. The molecule has 2 bridgehead atoms. The summed E-state index contributed by atoms with van der Waals surface area (Å²) in [7, 11) is 2.20. The van der Waals surface area contributed by atoms with Crippen molar-refractivity contribution < 1.29 is 4.39 Å². The number of anilines is 1. The van der Waals surface area contributed by atoms with Gasteiger partial charge in [0.05, 0.1) is 0 Å². The third-order valence-corrected chi connectivity index (χ3v) is 4.74. The normalized spacial score (nSPS) is 26.6. The Morgan fingerprint density at radius 1 is 1.30 bits per heavy atom. The van der Waals surface area contributed by atoms with E-state index in [2.05, 4.69) is 16.8 Å². The molecule has 0 spiro atoms. The second-order valence-electron chi connectivity index (χ2n) is 5.86. The van der Waals surface area contributed by atoms with Crippen LogP contribution in [0.4, 0.5) is 10.1 Å². The van der Waals surface area contributed by atoms with Gasteiger partial charge in [-0.05, 0) is 44.5 Å². The lowest BCUT2D eigenvalue weighted by molar-refractivity contribution is 0.254. The topological polar surface area (TPSA) is 56.4 Å². The maximum absolute atomic E-state index is 13.4. The Hall–Kier alpha value is -1.62. The van der Waals surface area contributed by atoms with E-state index in [1.807, 2.05) is 0 Å². The molecule has 0 saturated carbocycles. The summed E-state index contributed by atoms with van der Waals surface area (Å²) in [5, 5.41) is 7.66. The van der Waals surface area contributed by atoms with Crippen LogP contribution < -0.4 is 10.6 Å². The molecule has 1 aromatic rings. The van der Waals surface area contributed by atoms with Crippen molar-refractivity contribution >= 4 is 11.5 Å². The quantitative estimate of drug-likeness (QED) is 0.639. The molecule has 0 radical (unpaired) electrons. The van der Waals surface area contributed by atoms with Gasteiger partial charge in [0.1, 0.15) is 11.7 Å². The van der Waals surface area contributed by atoms with Crippen LogP contribution in [0.3, 0.4) is 0 Å². The number of halogens is 1. The van der Waals surface area contributed by atoms with Gasteiger partial charge in [-0.25, -0.2) is 4.39 Å². The van der Waals surface area contributed by atoms with Crippen LogP contribution in [0.2, 0.25) is 0 Å². The van der Waals surface area contributed by atoms with Crippen LogP contribution in [-0.2, 0) is 0 Å². The van der Waals surface area contributed by atoms with Gasteiger partial charge in [-0.2, -0.15) is 0 Å². The van der Waals surface area contributed by atoms with E-state index in [1.165, 1.54) is 25.0 Å². The SMILES string of the molecule is CN1C2CCC1CN(c1ccc(F)cc1C(=N)N)CC2. The first-order valence-corrected chi connectivity index (χ1v) is 7.17. The van der Waals surface area contributed by atoms with Crippen molar-refractivity contribution in [3.05, 3.63) is 29.6 Å². The highest BCUT2D eigenvalue weighted by Crippen LogP contribution is 2.32. The average Bonchev–Trinajstić information content (AvgIpc) is 2.64. The second-order valence-corrected chi connectivity index (χ2v) is 5.86. The van der Waals surface area contributed by atoms with E-state index in [0.29, 0.717) is 17.6 Å². The number of nitrogen functional groups attached to an aromatic ring is 1. The number of hydrogen-bond donors (Lipinski definition) is 2. The Morgan fingerprint density at radius 3 is 2.80 bits per heavy atom. The molecule has 3 N–H and O–H groups in total. The summed E-state index contributed by atoms with van der Waals surface area (Å²) in [6.07, 6.45) is 3.61. The Bertz CT molecular complexity index is 531. The third kappa shape index (κ3) is 2.26. The number of likely N-dealkylation sites (N-methyl/N-ethyl adjacent to an activating group) is 1. The van der Waals surface area contributed by atoms with Gasteiger partial charge in [-0.3, -0.25) is 10.3 Å². The molecule has 2 unspecified atom stereocenters. The lowest BCUT2D eigenvalue weighted by atomic mass is 10.1. The van der Waals surface area contributed by atoms with Gasteiger partial charge in [-0.15, -0.1) is 0 Å². The van der Waals surface area contributed by atoms with Crippen molar-refractivity contribution in [2.75, 3.05) is 25.0 Å². The number of benzene rings is 1. The Labute approximate surface area is 118 Å². The highest BCUT2D eigenvalue weighted by molar-refractivity contribution is 6.00.